The zero-order valence-electron chi connectivity index (χ0n) is 16.2. The van der Waals surface area contributed by atoms with Crippen molar-refractivity contribution in [3.63, 3.8) is 0 Å². The Bertz CT molecular complexity index is 961. The number of halogens is 1. The molecular weight excluding hydrogens is 402 g/mol. The highest BCUT2D eigenvalue weighted by Gasteiger charge is 2.29. The second kappa shape index (κ2) is 8.59. The third-order valence-electron chi connectivity index (χ3n) is 4.69. The number of fused-ring (bicyclic) bond motifs is 2. The van der Waals surface area contributed by atoms with E-state index in [9.17, 15) is 8.42 Å². The molecule has 0 saturated heterocycles. The monoisotopic (exact) mass is 425 g/mol. The van der Waals surface area contributed by atoms with Crippen molar-refractivity contribution < 1.29 is 22.6 Å². The highest BCUT2D eigenvalue weighted by atomic mass is 35.5. The summed E-state index contributed by atoms with van der Waals surface area (Å²) in [5.74, 6) is 2.15. The van der Waals surface area contributed by atoms with Crippen LogP contribution in [0.15, 0.2) is 30.3 Å². The number of benzene rings is 2. The van der Waals surface area contributed by atoms with Gasteiger partial charge in [-0.1, -0.05) is 31.0 Å². The van der Waals surface area contributed by atoms with Crippen molar-refractivity contribution >= 4 is 21.6 Å². The number of hydrogen-bond donors (Lipinski definition) is 0. The number of methoxy groups -OCH3 is 2. The molecule has 8 heteroatoms. The molecule has 1 heterocycles. The van der Waals surface area contributed by atoms with Crippen molar-refractivity contribution in [2.24, 2.45) is 0 Å². The molecule has 6 nitrogen and oxygen atoms in total. The van der Waals surface area contributed by atoms with E-state index in [1.807, 2.05) is 6.92 Å². The lowest BCUT2D eigenvalue weighted by Crippen LogP contribution is -2.33. The van der Waals surface area contributed by atoms with Gasteiger partial charge in [-0.2, -0.15) is 4.31 Å². The molecule has 152 valence electrons. The Hall–Kier alpha value is -1.96. The minimum atomic E-state index is -3.48. The zero-order chi connectivity index (χ0) is 20.3. The molecule has 0 N–H and O–H groups in total. The van der Waals surface area contributed by atoms with Gasteiger partial charge in [0, 0.05) is 35.3 Å². The summed E-state index contributed by atoms with van der Waals surface area (Å²) < 4.78 is 44.3. The highest BCUT2D eigenvalue weighted by Crippen LogP contribution is 2.41. The molecular formula is C20H24ClNO5S. The van der Waals surface area contributed by atoms with Gasteiger partial charge in [-0.05, 0) is 24.6 Å². The smallest absolute Gasteiger partial charge is 0.214 e. The summed E-state index contributed by atoms with van der Waals surface area (Å²) >= 11 is 6.37. The topological polar surface area (TPSA) is 65.1 Å². The molecule has 28 heavy (non-hydrogen) atoms. The maximum absolute atomic E-state index is 13.0. The van der Waals surface area contributed by atoms with Crippen LogP contribution < -0.4 is 14.2 Å². The van der Waals surface area contributed by atoms with E-state index < -0.39 is 10.0 Å². The molecule has 3 rings (SSSR count). The second-order valence-electron chi connectivity index (χ2n) is 6.57. The first-order valence-electron chi connectivity index (χ1n) is 9.07. The van der Waals surface area contributed by atoms with Crippen LogP contribution in [0.1, 0.15) is 30.9 Å². The molecule has 0 saturated carbocycles. The molecule has 2 aromatic rings. The Labute approximate surface area is 171 Å². The number of ether oxygens (including phenoxy) is 3. The van der Waals surface area contributed by atoms with Gasteiger partial charge < -0.3 is 14.2 Å². The molecule has 0 amide bonds. The van der Waals surface area contributed by atoms with E-state index in [-0.39, 0.29) is 18.8 Å². The van der Waals surface area contributed by atoms with Crippen LogP contribution in [0.2, 0.25) is 5.02 Å². The Morgan fingerprint density at radius 2 is 1.82 bits per heavy atom. The fraction of sp³-hybridized carbons (Fsp3) is 0.400. The lowest BCUT2D eigenvalue weighted by molar-refractivity contribution is 0.341. The van der Waals surface area contributed by atoms with Gasteiger partial charge in [-0.15, -0.1) is 0 Å². The van der Waals surface area contributed by atoms with Crippen molar-refractivity contribution in [1.82, 2.24) is 4.31 Å². The first kappa shape index (κ1) is 20.8. The van der Waals surface area contributed by atoms with Gasteiger partial charge in [0.05, 0.1) is 20.0 Å². The van der Waals surface area contributed by atoms with Crippen LogP contribution in [0, 0.1) is 0 Å². The standard InChI is InChI=1S/C20H24ClNO5S/c1-4-5-9-28(23,24)22-12-14-10-19(25-2)20(26-3)11-18(14)27-17-8-6-7-16(21)15(17)13-22/h6-8,10-11H,4-5,9,12-13H2,1-3H3. The minimum Gasteiger partial charge on any atom is -0.493 e. The summed E-state index contributed by atoms with van der Waals surface area (Å²) in [6, 6.07) is 8.76. The normalized spacial score (nSPS) is 14.3. The lowest BCUT2D eigenvalue weighted by atomic mass is 10.1. The van der Waals surface area contributed by atoms with Crippen molar-refractivity contribution in [3.8, 4) is 23.0 Å². The van der Waals surface area contributed by atoms with Gasteiger partial charge >= 0.3 is 0 Å². The fourth-order valence-corrected chi connectivity index (χ4v) is 4.90. The van der Waals surface area contributed by atoms with E-state index in [4.69, 9.17) is 25.8 Å². The van der Waals surface area contributed by atoms with E-state index in [0.717, 1.165) is 6.42 Å². The van der Waals surface area contributed by atoms with Crippen LogP contribution in [-0.4, -0.2) is 32.7 Å². The van der Waals surface area contributed by atoms with Crippen LogP contribution in [0.5, 0.6) is 23.0 Å². The van der Waals surface area contributed by atoms with Gasteiger partial charge in [0.15, 0.2) is 11.5 Å². The summed E-state index contributed by atoms with van der Waals surface area (Å²) in [5, 5.41) is 0.470. The third-order valence-corrected chi connectivity index (χ3v) is 6.90. The van der Waals surface area contributed by atoms with Gasteiger partial charge in [-0.25, -0.2) is 8.42 Å². The number of unbranched alkanes of at least 4 members (excludes halogenated alkanes) is 1. The van der Waals surface area contributed by atoms with Crippen LogP contribution in [0.3, 0.4) is 0 Å². The van der Waals surface area contributed by atoms with E-state index in [1.165, 1.54) is 4.31 Å². The van der Waals surface area contributed by atoms with Crippen molar-refractivity contribution in [1.29, 1.82) is 0 Å². The summed E-state index contributed by atoms with van der Waals surface area (Å²) in [6.45, 7) is 2.27. The third kappa shape index (κ3) is 4.21. The molecule has 0 spiro atoms. The molecule has 0 bridgehead atoms. The van der Waals surface area contributed by atoms with Crippen molar-refractivity contribution in [2.75, 3.05) is 20.0 Å². The summed E-state index contributed by atoms with van der Waals surface area (Å²) in [7, 11) is -0.394. The van der Waals surface area contributed by atoms with Gasteiger partial charge in [0.1, 0.15) is 11.5 Å². The van der Waals surface area contributed by atoms with E-state index in [0.29, 0.717) is 45.6 Å². The number of sulfonamides is 1. The summed E-state index contributed by atoms with van der Waals surface area (Å²) in [6.07, 6.45) is 1.40. The molecule has 0 fully saturated rings. The molecule has 0 radical (unpaired) electrons. The van der Waals surface area contributed by atoms with Crippen LogP contribution >= 0.6 is 11.6 Å². The fourth-order valence-electron chi connectivity index (χ4n) is 3.10. The minimum absolute atomic E-state index is 0.0900. The molecule has 0 aromatic heterocycles. The average Bonchev–Trinajstić information content (AvgIpc) is 2.66. The van der Waals surface area contributed by atoms with E-state index in [2.05, 4.69) is 0 Å². The van der Waals surface area contributed by atoms with E-state index >= 15 is 0 Å². The second-order valence-corrected chi connectivity index (χ2v) is 9.07. The van der Waals surface area contributed by atoms with Gasteiger partial charge in [0.25, 0.3) is 0 Å². The quantitative estimate of drug-likeness (QED) is 0.676. The molecule has 0 aliphatic carbocycles. The molecule has 0 unspecified atom stereocenters. The number of rotatable bonds is 6. The molecule has 2 aromatic carbocycles. The number of nitrogens with zero attached hydrogens (tertiary/aromatic N) is 1. The summed E-state index contributed by atoms with van der Waals surface area (Å²) in [4.78, 5) is 0. The zero-order valence-corrected chi connectivity index (χ0v) is 17.8. The molecule has 1 aliphatic rings. The van der Waals surface area contributed by atoms with Crippen LogP contribution in [0.25, 0.3) is 0 Å². The largest absolute Gasteiger partial charge is 0.493 e. The van der Waals surface area contributed by atoms with E-state index in [1.54, 1.807) is 44.6 Å². The maximum atomic E-state index is 13.0. The number of hydrogen-bond acceptors (Lipinski definition) is 5. The Morgan fingerprint density at radius 3 is 2.50 bits per heavy atom. The van der Waals surface area contributed by atoms with Crippen molar-refractivity contribution in [3.05, 3.63) is 46.5 Å². The van der Waals surface area contributed by atoms with Gasteiger partial charge in [0.2, 0.25) is 10.0 Å². The average molecular weight is 426 g/mol. The van der Waals surface area contributed by atoms with Crippen LogP contribution in [0.4, 0.5) is 0 Å². The van der Waals surface area contributed by atoms with Crippen molar-refractivity contribution in [2.45, 2.75) is 32.9 Å². The highest BCUT2D eigenvalue weighted by molar-refractivity contribution is 7.89. The molecule has 1 aliphatic heterocycles. The summed E-state index contributed by atoms with van der Waals surface area (Å²) in [5.41, 5.74) is 1.34. The maximum Gasteiger partial charge on any atom is 0.214 e. The Kier molecular flexibility index (Phi) is 6.37. The Morgan fingerprint density at radius 1 is 1.11 bits per heavy atom. The predicted octanol–water partition coefficient (Wildman–Crippen LogP) is 4.60. The first-order valence-corrected chi connectivity index (χ1v) is 11.1. The first-order chi connectivity index (χ1) is 13.4. The van der Waals surface area contributed by atoms with Gasteiger partial charge in [-0.3, -0.25) is 0 Å². The lowest BCUT2D eigenvalue weighted by Gasteiger charge is -2.28. The molecule has 0 atom stereocenters. The Balaban J connectivity index is 2.15. The SMILES string of the molecule is CCCCS(=O)(=O)N1Cc2cc(OC)c(OC)cc2Oc2cccc(Cl)c2C1. The van der Waals surface area contributed by atoms with Crippen LogP contribution in [-0.2, 0) is 23.1 Å². The predicted molar refractivity (Wildman–Crippen MR) is 109 cm³/mol.